The molecule has 1 aromatic rings. The van der Waals surface area contributed by atoms with Gasteiger partial charge in [-0.25, -0.2) is 0 Å². The molecular formula is C15H23N3O2. The van der Waals surface area contributed by atoms with Gasteiger partial charge in [-0.05, 0) is 32.1 Å². The second-order valence-corrected chi connectivity index (χ2v) is 5.49. The topological polar surface area (TPSA) is 79.2 Å². The van der Waals surface area contributed by atoms with Crippen molar-refractivity contribution in [2.75, 3.05) is 6.54 Å². The lowest BCUT2D eigenvalue weighted by Gasteiger charge is -2.36. The van der Waals surface area contributed by atoms with Crippen LogP contribution < -0.4 is 11.2 Å². The Bertz CT molecular complexity index is 504. The molecule has 0 spiro atoms. The maximum atomic E-state index is 12.6. The molecule has 2 rings (SSSR count). The van der Waals surface area contributed by atoms with E-state index in [-0.39, 0.29) is 29.0 Å². The van der Waals surface area contributed by atoms with E-state index >= 15 is 0 Å². The van der Waals surface area contributed by atoms with Gasteiger partial charge in [0.15, 0.2) is 5.43 Å². The van der Waals surface area contributed by atoms with E-state index in [1.807, 2.05) is 11.8 Å². The van der Waals surface area contributed by atoms with E-state index < -0.39 is 0 Å². The lowest BCUT2D eigenvalue weighted by Crippen LogP contribution is -2.45. The molecule has 5 heteroatoms. The van der Waals surface area contributed by atoms with Gasteiger partial charge in [-0.1, -0.05) is 6.92 Å². The van der Waals surface area contributed by atoms with Crippen molar-refractivity contribution in [1.82, 2.24) is 9.88 Å². The molecule has 0 aliphatic heterocycles. The number of amides is 1. The summed E-state index contributed by atoms with van der Waals surface area (Å²) in [7, 11) is 0. The van der Waals surface area contributed by atoms with Crippen LogP contribution in [0.25, 0.3) is 0 Å². The van der Waals surface area contributed by atoms with E-state index in [0.29, 0.717) is 6.54 Å². The minimum absolute atomic E-state index is 0.158. The van der Waals surface area contributed by atoms with Gasteiger partial charge in [-0.2, -0.15) is 0 Å². The second-order valence-electron chi connectivity index (χ2n) is 5.49. The third-order valence-corrected chi connectivity index (χ3v) is 3.96. The zero-order chi connectivity index (χ0) is 14.5. The maximum Gasteiger partial charge on any atom is 0.259 e. The Morgan fingerprint density at radius 3 is 2.70 bits per heavy atom. The molecule has 0 bridgehead atoms. The fourth-order valence-corrected chi connectivity index (χ4v) is 2.84. The first-order valence-electron chi connectivity index (χ1n) is 7.37. The molecule has 0 aromatic carbocycles. The van der Waals surface area contributed by atoms with Crippen LogP contribution in [-0.4, -0.2) is 34.4 Å². The fraction of sp³-hybridized carbons (Fsp3) is 0.600. The van der Waals surface area contributed by atoms with Crippen LogP contribution in [0.15, 0.2) is 23.3 Å². The highest BCUT2D eigenvalue weighted by molar-refractivity contribution is 5.94. The van der Waals surface area contributed by atoms with Gasteiger partial charge in [0.25, 0.3) is 5.91 Å². The van der Waals surface area contributed by atoms with Gasteiger partial charge in [-0.15, -0.1) is 0 Å². The summed E-state index contributed by atoms with van der Waals surface area (Å²) in [6.07, 6.45) is 7.69. The normalized spacial score (nSPS) is 22.5. The van der Waals surface area contributed by atoms with Gasteiger partial charge in [0.2, 0.25) is 0 Å². The second kappa shape index (κ2) is 6.70. The summed E-state index contributed by atoms with van der Waals surface area (Å²) in [5.74, 6) is -0.158. The number of nitrogens with zero attached hydrogens (tertiary/aromatic N) is 1. The first-order chi connectivity index (χ1) is 9.63. The molecule has 1 amide bonds. The predicted octanol–water partition coefficient (Wildman–Crippen LogP) is 1.50. The summed E-state index contributed by atoms with van der Waals surface area (Å²) in [5, 5.41) is 0. The van der Waals surface area contributed by atoms with Crippen molar-refractivity contribution in [3.05, 3.63) is 34.2 Å². The third kappa shape index (κ3) is 3.28. The summed E-state index contributed by atoms with van der Waals surface area (Å²) >= 11 is 0. The molecule has 1 aliphatic rings. The van der Waals surface area contributed by atoms with Crippen molar-refractivity contribution >= 4 is 5.91 Å². The van der Waals surface area contributed by atoms with Gasteiger partial charge in [0, 0.05) is 37.1 Å². The Labute approximate surface area is 119 Å². The molecular weight excluding hydrogens is 254 g/mol. The number of carbonyl (C=O) groups is 1. The van der Waals surface area contributed by atoms with E-state index in [9.17, 15) is 9.59 Å². The van der Waals surface area contributed by atoms with E-state index in [1.165, 1.54) is 12.3 Å². The fourth-order valence-electron chi connectivity index (χ4n) is 2.84. The Morgan fingerprint density at radius 1 is 1.40 bits per heavy atom. The molecule has 1 heterocycles. The average Bonchev–Trinajstić information content (AvgIpc) is 2.46. The molecule has 1 saturated carbocycles. The number of hydrogen-bond acceptors (Lipinski definition) is 3. The molecule has 0 saturated heterocycles. The van der Waals surface area contributed by atoms with E-state index in [0.717, 1.165) is 32.1 Å². The van der Waals surface area contributed by atoms with Crippen molar-refractivity contribution in [3.63, 3.8) is 0 Å². The van der Waals surface area contributed by atoms with Gasteiger partial charge in [0.05, 0.1) is 0 Å². The highest BCUT2D eigenvalue weighted by Crippen LogP contribution is 2.23. The Kier molecular flexibility index (Phi) is 4.95. The number of aromatic amines is 1. The lowest BCUT2D eigenvalue weighted by atomic mass is 9.90. The molecule has 20 heavy (non-hydrogen) atoms. The summed E-state index contributed by atoms with van der Waals surface area (Å²) in [6.45, 7) is 2.73. The van der Waals surface area contributed by atoms with E-state index in [1.54, 1.807) is 6.20 Å². The van der Waals surface area contributed by atoms with Gasteiger partial charge in [-0.3, -0.25) is 9.59 Å². The molecule has 0 unspecified atom stereocenters. The largest absolute Gasteiger partial charge is 0.367 e. The smallest absolute Gasteiger partial charge is 0.259 e. The Hall–Kier alpha value is -1.62. The molecule has 5 nitrogen and oxygen atoms in total. The van der Waals surface area contributed by atoms with Crippen LogP contribution in [0.1, 0.15) is 49.4 Å². The molecule has 1 aliphatic carbocycles. The monoisotopic (exact) mass is 277 g/mol. The molecule has 3 N–H and O–H groups in total. The van der Waals surface area contributed by atoms with Gasteiger partial charge < -0.3 is 15.6 Å². The standard InChI is InChI=1S/C15H23N3O2/c1-2-9-18(12-5-3-11(16)4-6-12)15(20)13-10-17-8-7-14(13)19/h7-8,10-12H,2-6,9,16H2,1H3,(H,17,19). The third-order valence-electron chi connectivity index (χ3n) is 3.96. The molecule has 0 atom stereocenters. The van der Waals surface area contributed by atoms with Crippen LogP contribution in [0.4, 0.5) is 0 Å². The zero-order valence-electron chi connectivity index (χ0n) is 12.0. The molecule has 1 aromatic heterocycles. The summed E-state index contributed by atoms with van der Waals surface area (Å²) in [5.41, 5.74) is 5.94. The molecule has 0 radical (unpaired) electrons. The number of nitrogens with one attached hydrogen (secondary N) is 1. The number of H-pyrrole nitrogens is 1. The van der Waals surface area contributed by atoms with Crippen LogP contribution in [0.2, 0.25) is 0 Å². The number of aromatic nitrogens is 1. The summed E-state index contributed by atoms with van der Waals surface area (Å²) in [4.78, 5) is 29.1. The quantitative estimate of drug-likeness (QED) is 0.875. The van der Waals surface area contributed by atoms with Crippen molar-refractivity contribution < 1.29 is 4.79 Å². The van der Waals surface area contributed by atoms with Crippen molar-refractivity contribution in [2.24, 2.45) is 5.73 Å². The Morgan fingerprint density at radius 2 is 2.10 bits per heavy atom. The summed E-state index contributed by atoms with van der Waals surface area (Å²) < 4.78 is 0. The van der Waals surface area contributed by atoms with Crippen molar-refractivity contribution in [3.8, 4) is 0 Å². The number of carbonyl (C=O) groups excluding carboxylic acids is 1. The van der Waals surface area contributed by atoms with Crippen LogP contribution in [-0.2, 0) is 0 Å². The van der Waals surface area contributed by atoms with Gasteiger partial charge in [0.1, 0.15) is 5.56 Å². The number of nitrogens with two attached hydrogens (primary N) is 1. The minimum atomic E-state index is -0.220. The lowest BCUT2D eigenvalue weighted by molar-refractivity contribution is 0.0625. The molecule has 1 fully saturated rings. The maximum absolute atomic E-state index is 12.6. The van der Waals surface area contributed by atoms with Crippen LogP contribution in [0.3, 0.4) is 0 Å². The molecule has 110 valence electrons. The zero-order valence-corrected chi connectivity index (χ0v) is 12.0. The number of rotatable bonds is 4. The average molecular weight is 277 g/mol. The number of hydrogen-bond donors (Lipinski definition) is 2. The minimum Gasteiger partial charge on any atom is -0.367 e. The van der Waals surface area contributed by atoms with Crippen molar-refractivity contribution in [1.29, 1.82) is 0 Å². The van der Waals surface area contributed by atoms with E-state index in [2.05, 4.69) is 4.98 Å². The predicted molar refractivity (Wildman–Crippen MR) is 78.6 cm³/mol. The van der Waals surface area contributed by atoms with Crippen LogP contribution in [0, 0.1) is 0 Å². The van der Waals surface area contributed by atoms with Crippen molar-refractivity contribution in [2.45, 2.75) is 51.1 Å². The summed E-state index contributed by atoms with van der Waals surface area (Å²) in [6, 6.07) is 1.86. The highest BCUT2D eigenvalue weighted by atomic mass is 16.2. The van der Waals surface area contributed by atoms with Crippen LogP contribution >= 0.6 is 0 Å². The van der Waals surface area contributed by atoms with Crippen LogP contribution in [0.5, 0.6) is 0 Å². The first-order valence-corrected chi connectivity index (χ1v) is 7.37. The first kappa shape index (κ1) is 14.8. The highest BCUT2D eigenvalue weighted by Gasteiger charge is 2.28. The SMILES string of the molecule is CCCN(C(=O)c1c[nH]ccc1=O)C1CCC(N)CC1. The Balaban J connectivity index is 2.18. The number of pyridine rings is 1. The van der Waals surface area contributed by atoms with Gasteiger partial charge >= 0.3 is 0 Å². The van der Waals surface area contributed by atoms with E-state index in [4.69, 9.17) is 5.73 Å².